The van der Waals surface area contributed by atoms with Crippen LogP contribution < -0.4 is 5.32 Å². The molecule has 0 aromatic heterocycles. The van der Waals surface area contributed by atoms with Gasteiger partial charge in [0.2, 0.25) is 5.91 Å². The fourth-order valence-corrected chi connectivity index (χ4v) is 4.00. The Labute approximate surface area is 198 Å². The first-order valence-electron chi connectivity index (χ1n) is 11.4. The van der Waals surface area contributed by atoms with Gasteiger partial charge in [-0.1, -0.05) is 29.8 Å². The summed E-state index contributed by atoms with van der Waals surface area (Å²) >= 11 is 0. The van der Waals surface area contributed by atoms with Gasteiger partial charge in [-0.3, -0.25) is 14.4 Å². The molecule has 0 aliphatic carbocycles. The Bertz CT molecular complexity index is 1030. The molecular formula is C26H30F2N2O4. The molecular weight excluding hydrogens is 442 g/mol. The van der Waals surface area contributed by atoms with E-state index < -0.39 is 29.6 Å². The van der Waals surface area contributed by atoms with Gasteiger partial charge in [0.15, 0.2) is 0 Å². The fraction of sp³-hybridized carbons (Fsp3) is 0.423. The van der Waals surface area contributed by atoms with Crippen LogP contribution >= 0.6 is 0 Å². The van der Waals surface area contributed by atoms with Crippen molar-refractivity contribution >= 4 is 17.8 Å². The standard InChI is InChI=1S/C26H30F2N2O4/c1-16(2)34-24(31)15-23(18-6-4-17(3)5-7-18)29-25(32)19-10-12-30(13-11-19)26(33)21-9-8-20(27)14-22(21)28/h4-9,14,16,19,23H,10-13,15H2,1-3H3,(H,29,32). The largest absolute Gasteiger partial charge is 0.463 e. The van der Waals surface area contributed by atoms with Crippen molar-refractivity contribution in [3.63, 3.8) is 0 Å². The number of hydrogen-bond donors (Lipinski definition) is 1. The van der Waals surface area contributed by atoms with Crippen molar-refractivity contribution in [2.24, 2.45) is 5.92 Å². The van der Waals surface area contributed by atoms with Gasteiger partial charge in [0.05, 0.1) is 24.1 Å². The van der Waals surface area contributed by atoms with Gasteiger partial charge >= 0.3 is 5.97 Å². The number of rotatable bonds is 7. The topological polar surface area (TPSA) is 75.7 Å². The van der Waals surface area contributed by atoms with E-state index in [1.54, 1.807) is 13.8 Å². The molecule has 8 heteroatoms. The molecule has 1 unspecified atom stereocenters. The average Bonchev–Trinajstić information content (AvgIpc) is 2.78. The van der Waals surface area contributed by atoms with Gasteiger partial charge < -0.3 is 15.0 Å². The van der Waals surface area contributed by atoms with E-state index in [1.165, 1.54) is 4.90 Å². The number of likely N-dealkylation sites (tertiary alicyclic amines) is 1. The van der Waals surface area contributed by atoms with E-state index in [9.17, 15) is 23.2 Å². The van der Waals surface area contributed by atoms with Gasteiger partial charge in [-0.15, -0.1) is 0 Å². The zero-order valence-corrected chi connectivity index (χ0v) is 19.6. The molecule has 0 spiro atoms. The summed E-state index contributed by atoms with van der Waals surface area (Å²) in [6.07, 6.45) is 0.554. The SMILES string of the molecule is Cc1ccc(C(CC(=O)OC(C)C)NC(=O)C2CCN(C(=O)c3ccc(F)cc3F)CC2)cc1. The Morgan fingerprint density at radius 3 is 2.29 bits per heavy atom. The summed E-state index contributed by atoms with van der Waals surface area (Å²) in [7, 11) is 0. The maximum atomic E-state index is 14.0. The summed E-state index contributed by atoms with van der Waals surface area (Å²) in [6.45, 7) is 6.04. The third kappa shape index (κ3) is 6.62. The molecule has 1 fully saturated rings. The lowest BCUT2D eigenvalue weighted by atomic mass is 9.94. The van der Waals surface area contributed by atoms with E-state index in [1.807, 2.05) is 31.2 Å². The second-order valence-corrected chi connectivity index (χ2v) is 8.91. The molecule has 1 N–H and O–H groups in total. The van der Waals surface area contributed by atoms with Crippen LogP contribution in [0.4, 0.5) is 8.78 Å². The number of nitrogens with one attached hydrogen (secondary N) is 1. The highest BCUT2D eigenvalue weighted by molar-refractivity contribution is 5.94. The van der Waals surface area contributed by atoms with E-state index in [0.29, 0.717) is 18.9 Å². The molecule has 2 aromatic rings. The Balaban J connectivity index is 1.63. The summed E-state index contributed by atoms with van der Waals surface area (Å²) in [4.78, 5) is 39.4. The normalized spacial score (nSPS) is 15.2. The third-order valence-corrected chi connectivity index (χ3v) is 5.85. The first-order chi connectivity index (χ1) is 16.1. The number of benzene rings is 2. The van der Waals surface area contributed by atoms with Gasteiger partial charge in [-0.25, -0.2) is 8.78 Å². The van der Waals surface area contributed by atoms with Crippen molar-refractivity contribution in [1.29, 1.82) is 0 Å². The van der Waals surface area contributed by atoms with E-state index in [4.69, 9.17) is 4.74 Å². The average molecular weight is 473 g/mol. The number of nitrogens with zero attached hydrogens (tertiary/aromatic N) is 1. The molecule has 2 aromatic carbocycles. The maximum Gasteiger partial charge on any atom is 0.308 e. The zero-order chi connectivity index (χ0) is 24.8. The van der Waals surface area contributed by atoms with Crippen molar-refractivity contribution in [2.75, 3.05) is 13.1 Å². The van der Waals surface area contributed by atoms with Crippen LogP contribution in [-0.2, 0) is 14.3 Å². The first kappa shape index (κ1) is 25.3. The van der Waals surface area contributed by atoms with Gasteiger partial charge in [0, 0.05) is 25.1 Å². The monoisotopic (exact) mass is 472 g/mol. The van der Waals surface area contributed by atoms with E-state index in [-0.39, 0.29) is 43.0 Å². The predicted molar refractivity (Wildman–Crippen MR) is 123 cm³/mol. The number of piperidine rings is 1. The second kappa shape index (κ2) is 11.2. The van der Waals surface area contributed by atoms with Crippen LogP contribution in [0.15, 0.2) is 42.5 Å². The smallest absolute Gasteiger partial charge is 0.308 e. The fourth-order valence-electron chi connectivity index (χ4n) is 4.00. The van der Waals surface area contributed by atoms with Crippen LogP contribution in [0.2, 0.25) is 0 Å². The van der Waals surface area contributed by atoms with Crippen LogP contribution in [0.5, 0.6) is 0 Å². The molecule has 0 saturated carbocycles. The Morgan fingerprint density at radius 2 is 1.71 bits per heavy atom. The maximum absolute atomic E-state index is 14.0. The summed E-state index contributed by atoms with van der Waals surface area (Å²) in [5, 5.41) is 2.97. The van der Waals surface area contributed by atoms with Crippen molar-refractivity contribution in [3.8, 4) is 0 Å². The number of hydrogen-bond acceptors (Lipinski definition) is 4. The number of esters is 1. The Kier molecular flexibility index (Phi) is 8.36. The lowest BCUT2D eigenvalue weighted by Crippen LogP contribution is -2.44. The number of carbonyl (C=O) groups excluding carboxylic acids is 3. The summed E-state index contributed by atoms with van der Waals surface area (Å²) in [6, 6.07) is 9.92. The van der Waals surface area contributed by atoms with Crippen molar-refractivity contribution in [1.82, 2.24) is 10.2 Å². The van der Waals surface area contributed by atoms with Crippen molar-refractivity contribution in [3.05, 3.63) is 70.8 Å². The van der Waals surface area contributed by atoms with Crippen LogP contribution in [-0.4, -0.2) is 41.9 Å². The first-order valence-corrected chi connectivity index (χ1v) is 11.4. The number of amides is 2. The highest BCUT2D eigenvalue weighted by Gasteiger charge is 2.31. The lowest BCUT2D eigenvalue weighted by molar-refractivity contribution is -0.148. The molecule has 34 heavy (non-hydrogen) atoms. The number of aryl methyl sites for hydroxylation is 1. The Hall–Kier alpha value is -3.29. The quantitative estimate of drug-likeness (QED) is 0.609. The minimum Gasteiger partial charge on any atom is -0.463 e. The molecule has 0 radical (unpaired) electrons. The molecule has 2 amide bonds. The number of ether oxygens (including phenoxy) is 1. The molecule has 1 saturated heterocycles. The lowest BCUT2D eigenvalue weighted by Gasteiger charge is -2.32. The van der Waals surface area contributed by atoms with Gasteiger partial charge in [-0.05, 0) is 51.3 Å². The molecule has 6 nitrogen and oxygen atoms in total. The molecule has 1 aliphatic rings. The van der Waals surface area contributed by atoms with Gasteiger partial charge in [0.1, 0.15) is 11.6 Å². The minimum absolute atomic E-state index is 0.00809. The van der Waals surface area contributed by atoms with Crippen LogP contribution in [0.3, 0.4) is 0 Å². The number of carbonyl (C=O) groups is 3. The molecule has 1 aliphatic heterocycles. The minimum atomic E-state index is -0.904. The molecule has 182 valence electrons. The number of halogens is 2. The summed E-state index contributed by atoms with van der Waals surface area (Å²) in [5.41, 5.74) is 1.68. The van der Waals surface area contributed by atoms with Crippen molar-refractivity contribution < 1.29 is 27.9 Å². The highest BCUT2D eigenvalue weighted by Crippen LogP contribution is 2.24. The zero-order valence-electron chi connectivity index (χ0n) is 19.6. The van der Waals surface area contributed by atoms with E-state index in [0.717, 1.165) is 23.3 Å². The summed E-state index contributed by atoms with van der Waals surface area (Å²) < 4.78 is 32.4. The Morgan fingerprint density at radius 1 is 1.06 bits per heavy atom. The van der Waals surface area contributed by atoms with Crippen LogP contribution in [0.1, 0.15) is 60.6 Å². The molecule has 1 heterocycles. The van der Waals surface area contributed by atoms with E-state index >= 15 is 0 Å². The van der Waals surface area contributed by atoms with Crippen LogP contribution in [0.25, 0.3) is 0 Å². The molecule has 3 rings (SSSR count). The van der Waals surface area contributed by atoms with E-state index in [2.05, 4.69) is 5.32 Å². The molecule has 1 atom stereocenters. The highest BCUT2D eigenvalue weighted by atomic mass is 19.1. The molecule has 0 bridgehead atoms. The third-order valence-electron chi connectivity index (χ3n) is 5.85. The van der Waals surface area contributed by atoms with Crippen LogP contribution in [0, 0.1) is 24.5 Å². The summed E-state index contributed by atoms with van der Waals surface area (Å²) in [5.74, 6) is -3.13. The van der Waals surface area contributed by atoms with Gasteiger partial charge in [0.25, 0.3) is 5.91 Å². The van der Waals surface area contributed by atoms with Gasteiger partial charge in [-0.2, -0.15) is 0 Å². The predicted octanol–water partition coefficient (Wildman–Crippen LogP) is 4.32. The second-order valence-electron chi connectivity index (χ2n) is 8.91. The van der Waals surface area contributed by atoms with Crippen molar-refractivity contribution in [2.45, 2.75) is 52.2 Å².